The number of anilines is 2. The molecular formula is C32H40N6O3. The molecule has 3 aromatic carbocycles. The lowest BCUT2D eigenvalue weighted by atomic mass is 9.69. The summed E-state index contributed by atoms with van der Waals surface area (Å²) in [5.74, 6) is 5.60. The van der Waals surface area contributed by atoms with E-state index in [1.165, 1.54) is 5.01 Å². The molecule has 1 aliphatic rings. The molecule has 9 nitrogen and oxygen atoms in total. The Bertz CT molecular complexity index is 1620. The van der Waals surface area contributed by atoms with E-state index in [1.807, 2.05) is 43.0 Å². The van der Waals surface area contributed by atoms with E-state index >= 15 is 0 Å². The van der Waals surface area contributed by atoms with Crippen molar-refractivity contribution in [1.29, 1.82) is 0 Å². The number of aromatic nitrogens is 2. The Morgan fingerprint density at radius 3 is 2.66 bits per heavy atom. The topological polar surface area (TPSA) is 123 Å². The fourth-order valence-electron chi connectivity index (χ4n) is 5.96. The molecule has 216 valence electrons. The third-order valence-corrected chi connectivity index (χ3v) is 8.46. The van der Waals surface area contributed by atoms with Crippen LogP contribution in [0, 0.1) is 19.3 Å². The zero-order valence-electron chi connectivity index (χ0n) is 24.7. The third kappa shape index (κ3) is 5.35. The van der Waals surface area contributed by atoms with Gasteiger partial charge in [-0.25, -0.2) is 5.84 Å². The highest BCUT2D eigenvalue weighted by molar-refractivity contribution is 5.81. The van der Waals surface area contributed by atoms with Crippen molar-refractivity contribution in [2.45, 2.75) is 46.7 Å². The van der Waals surface area contributed by atoms with E-state index in [0.29, 0.717) is 24.5 Å². The zero-order chi connectivity index (χ0) is 29.6. The van der Waals surface area contributed by atoms with Gasteiger partial charge in [-0.2, -0.15) is 5.10 Å². The van der Waals surface area contributed by atoms with Gasteiger partial charge in [0.25, 0.3) is 0 Å². The van der Waals surface area contributed by atoms with Gasteiger partial charge in [0.2, 0.25) is 0 Å². The Morgan fingerprint density at radius 1 is 1.20 bits per heavy atom. The minimum Gasteiger partial charge on any atom is -0.492 e. The Balaban J connectivity index is 1.52. The summed E-state index contributed by atoms with van der Waals surface area (Å²) in [4.78, 5) is 15.0. The molecule has 1 unspecified atom stereocenters. The van der Waals surface area contributed by atoms with Crippen LogP contribution in [0.2, 0.25) is 0 Å². The number of aliphatic carboxylic acids is 1. The number of carbonyl (C=O) groups is 1. The Morgan fingerprint density at radius 2 is 1.95 bits per heavy atom. The van der Waals surface area contributed by atoms with Gasteiger partial charge in [-0.3, -0.25) is 14.4 Å². The summed E-state index contributed by atoms with van der Waals surface area (Å²) in [6.07, 6.45) is 2.00. The second-order valence-electron chi connectivity index (χ2n) is 11.8. The number of nitrogens with zero attached hydrogens (tertiary/aromatic N) is 4. The number of ether oxygens (including phenoxy) is 1. The van der Waals surface area contributed by atoms with Crippen LogP contribution < -0.4 is 21.3 Å². The quantitative estimate of drug-likeness (QED) is 0.170. The number of benzene rings is 3. The largest absolute Gasteiger partial charge is 0.492 e. The maximum atomic E-state index is 12.6. The van der Waals surface area contributed by atoms with Crippen molar-refractivity contribution < 1.29 is 14.6 Å². The van der Waals surface area contributed by atoms with Gasteiger partial charge < -0.3 is 20.6 Å². The maximum Gasteiger partial charge on any atom is 0.310 e. The molecular weight excluding hydrogens is 516 g/mol. The molecule has 5 rings (SSSR count). The van der Waals surface area contributed by atoms with Crippen molar-refractivity contribution in [2.24, 2.45) is 18.3 Å². The van der Waals surface area contributed by atoms with Gasteiger partial charge in [-0.05, 0) is 73.7 Å². The Hall–Kier alpha value is -4.08. The number of hydrogen-bond acceptors (Lipinski definition) is 7. The van der Waals surface area contributed by atoms with Crippen molar-refractivity contribution >= 4 is 28.2 Å². The van der Waals surface area contributed by atoms with Crippen LogP contribution in [0.4, 0.5) is 11.4 Å². The summed E-state index contributed by atoms with van der Waals surface area (Å²) >= 11 is 0. The minimum absolute atomic E-state index is 0.426. The molecule has 4 aromatic rings. The first-order valence-corrected chi connectivity index (χ1v) is 13.9. The van der Waals surface area contributed by atoms with Crippen LogP contribution in [0.1, 0.15) is 53.1 Å². The van der Waals surface area contributed by atoms with Gasteiger partial charge in [-0.15, -0.1) is 0 Å². The third-order valence-electron chi connectivity index (χ3n) is 8.46. The lowest BCUT2D eigenvalue weighted by Crippen LogP contribution is -2.33. The SMILES string of the molecule is Cc1ccc(C(c2ccc(N(C)N)c(N)c2C)C(C)(C)C(=O)O)cc1CN1CCOc2cc3cn(C)nc3cc2C1. The molecule has 0 bridgehead atoms. The fraction of sp³-hybridized carbons (Fsp3) is 0.375. The van der Waals surface area contributed by atoms with Gasteiger partial charge in [0, 0.05) is 56.8 Å². The first-order valence-electron chi connectivity index (χ1n) is 13.9. The molecule has 0 fully saturated rings. The molecule has 9 heteroatoms. The zero-order valence-corrected chi connectivity index (χ0v) is 24.7. The number of aryl methyl sites for hydroxylation is 2. The monoisotopic (exact) mass is 556 g/mol. The minimum atomic E-state index is -1.09. The average Bonchev–Trinajstić information content (AvgIpc) is 3.14. The van der Waals surface area contributed by atoms with E-state index in [9.17, 15) is 9.90 Å². The number of fused-ring (bicyclic) bond motifs is 2. The summed E-state index contributed by atoms with van der Waals surface area (Å²) in [7, 11) is 3.66. The van der Waals surface area contributed by atoms with Gasteiger partial charge in [0.05, 0.1) is 22.3 Å². The van der Waals surface area contributed by atoms with Crippen molar-refractivity contribution in [1.82, 2.24) is 14.7 Å². The highest BCUT2D eigenvalue weighted by atomic mass is 16.5. The lowest BCUT2D eigenvalue weighted by molar-refractivity contribution is -0.147. The maximum absolute atomic E-state index is 12.6. The highest BCUT2D eigenvalue weighted by Crippen LogP contribution is 2.45. The summed E-state index contributed by atoms with van der Waals surface area (Å²) in [5, 5.41) is 17.5. The first-order chi connectivity index (χ1) is 19.4. The number of carboxylic acid groups (broad SMARTS) is 1. The van der Waals surface area contributed by atoms with Crippen LogP contribution in [-0.4, -0.2) is 46.0 Å². The average molecular weight is 557 g/mol. The number of hydrazine groups is 1. The van der Waals surface area contributed by atoms with Crippen molar-refractivity contribution in [2.75, 3.05) is 30.9 Å². The standard InChI is InChI=1S/C32H40N6O3/c1-19-7-8-21(29(32(3,4)31(39)40)25-9-10-27(37(6)34)30(33)20(25)2)13-22(19)17-38-11-12-41-28-15-23-16-36(5)35-26(23)14-24(28)18-38/h7-10,13-16,29H,11-12,17-18,33-34H2,1-6H3,(H,39,40). The molecule has 1 atom stereocenters. The molecule has 41 heavy (non-hydrogen) atoms. The molecule has 0 spiro atoms. The van der Waals surface area contributed by atoms with Crippen LogP contribution >= 0.6 is 0 Å². The van der Waals surface area contributed by atoms with Gasteiger partial charge in [0.15, 0.2) is 0 Å². The van der Waals surface area contributed by atoms with Crippen LogP contribution in [-0.2, 0) is 24.9 Å². The summed E-state index contributed by atoms with van der Waals surface area (Å²) < 4.78 is 7.96. The van der Waals surface area contributed by atoms with E-state index in [1.54, 1.807) is 20.9 Å². The van der Waals surface area contributed by atoms with E-state index in [0.717, 1.165) is 63.1 Å². The van der Waals surface area contributed by atoms with Crippen molar-refractivity contribution in [3.8, 4) is 5.75 Å². The van der Waals surface area contributed by atoms with Gasteiger partial charge in [0.1, 0.15) is 12.4 Å². The molecule has 2 heterocycles. The van der Waals surface area contributed by atoms with Crippen LogP contribution in [0.25, 0.3) is 10.9 Å². The van der Waals surface area contributed by atoms with Crippen LogP contribution in [0.3, 0.4) is 0 Å². The second kappa shape index (κ2) is 10.7. The fourth-order valence-corrected chi connectivity index (χ4v) is 5.96. The Labute approximate surface area is 241 Å². The summed E-state index contributed by atoms with van der Waals surface area (Å²) in [6.45, 7) is 10.4. The smallest absolute Gasteiger partial charge is 0.310 e. The van der Waals surface area contributed by atoms with Gasteiger partial charge >= 0.3 is 5.97 Å². The van der Waals surface area contributed by atoms with E-state index in [2.05, 4.69) is 41.2 Å². The molecule has 1 aliphatic heterocycles. The molecule has 0 aliphatic carbocycles. The molecule has 5 N–H and O–H groups in total. The predicted molar refractivity (Wildman–Crippen MR) is 163 cm³/mol. The number of rotatable bonds is 7. The van der Waals surface area contributed by atoms with E-state index in [-0.39, 0.29) is 0 Å². The molecule has 0 amide bonds. The number of nitrogens with two attached hydrogens (primary N) is 2. The van der Waals surface area contributed by atoms with Crippen LogP contribution in [0.5, 0.6) is 5.75 Å². The molecule has 0 radical (unpaired) electrons. The number of carboxylic acids is 1. The van der Waals surface area contributed by atoms with Gasteiger partial charge in [-0.1, -0.05) is 24.3 Å². The highest BCUT2D eigenvalue weighted by Gasteiger charge is 2.40. The van der Waals surface area contributed by atoms with Crippen molar-refractivity contribution in [3.05, 3.63) is 82.0 Å². The summed E-state index contributed by atoms with van der Waals surface area (Å²) in [6, 6.07) is 14.3. The Kier molecular flexibility index (Phi) is 7.44. The molecule has 0 saturated heterocycles. The van der Waals surface area contributed by atoms with E-state index in [4.69, 9.17) is 16.3 Å². The normalized spacial score (nSPS) is 14.8. The number of nitrogen functional groups attached to an aromatic ring is 1. The molecule has 1 aromatic heterocycles. The second-order valence-corrected chi connectivity index (χ2v) is 11.8. The predicted octanol–water partition coefficient (Wildman–Crippen LogP) is 4.72. The summed E-state index contributed by atoms with van der Waals surface area (Å²) in [5.41, 5.74) is 13.7. The van der Waals surface area contributed by atoms with E-state index < -0.39 is 17.3 Å². The lowest BCUT2D eigenvalue weighted by Gasteiger charge is -2.34. The van der Waals surface area contributed by atoms with Crippen LogP contribution in [0.15, 0.2) is 48.7 Å². The number of hydrogen-bond donors (Lipinski definition) is 3. The van der Waals surface area contributed by atoms with Crippen molar-refractivity contribution in [3.63, 3.8) is 0 Å². The molecule has 0 saturated carbocycles. The first kappa shape index (κ1) is 28.4.